The minimum Gasteiger partial charge on any atom is -0.492 e. The third kappa shape index (κ3) is 3.66. The maximum atomic E-state index is 10.1. The first-order chi connectivity index (χ1) is 8.79. The smallest absolute Gasteiger partial charge is 0.160 e. The van der Waals surface area contributed by atoms with E-state index in [1.54, 1.807) is 12.4 Å². The van der Waals surface area contributed by atoms with Crippen LogP contribution in [-0.2, 0) is 9.47 Å². The van der Waals surface area contributed by atoms with Gasteiger partial charge in [-0.25, -0.2) is 0 Å². The standard InChI is InChI=1S/C13H19NO4/c1-2-3-16-11-6-10(8-14-9-11)12(15)7-13-17-4-5-18-13/h6,8-9,12-13,15H,2-5,7H2,1H3. The van der Waals surface area contributed by atoms with Crippen molar-refractivity contribution in [2.24, 2.45) is 0 Å². The fourth-order valence-corrected chi connectivity index (χ4v) is 1.78. The van der Waals surface area contributed by atoms with E-state index in [9.17, 15) is 5.11 Å². The largest absolute Gasteiger partial charge is 0.492 e. The number of rotatable bonds is 6. The predicted octanol–water partition coefficient (Wildman–Crippen LogP) is 1.67. The van der Waals surface area contributed by atoms with Gasteiger partial charge in [0.25, 0.3) is 0 Å². The SMILES string of the molecule is CCCOc1cncc(C(O)CC2OCCO2)c1. The van der Waals surface area contributed by atoms with Crippen molar-refractivity contribution in [2.45, 2.75) is 32.2 Å². The molecule has 1 saturated heterocycles. The van der Waals surface area contributed by atoms with Gasteiger partial charge in [-0.3, -0.25) is 4.98 Å². The lowest BCUT2D eigenvalue weighted by molar-refractivity contribution is -0.0708. The number of aliphatic hydroxyl groups excluding tert-OH is 1. The number of aromatic nitrogens is 1. The van der Waals surface area contributed by atoms with Gasteiger partial charge in [0.15, 0.2) is 6.29 Å². The second-order valence-corrected chi connectivity index (χ2v) is 4.23. The lowest BCUT2D eigenvalue weighted by Crippen LogP contribution is -2.13. The molecule has 5 heteroatoms. The molecule has 0 saturated carbocycles. The van der Waals surface area contributed by atoms with E-state index < -0.39 is 6.10 Å². The molecule has 1 aromatic rings. The van der Waals surface area contributed by atoms with Gasteiger partial charge in [-0.15, -0.1) is 0 Å². The Balaban J connectivity index is 1.93. The summed E-state index contributed by atoms with van der Waals surface area (Å²) in [7, 11) is 0. The normalized spacial score (nSPS) is 17.9. The molecule has 0 aliphatic carbocycles. The van der Waals surface area contributed by atoms with E-state index in [4.69, 9.17) is 14.2 Å². The van der Waals surface area contributed by atoms with E-state index in [0.29, 0.717) is 32.0 Å². The molecule has 1 N–H and O–H groups in total. The summed E-state index contributed by atoms with van der Waals surface area (Å²) in [4.78, 5) is 4.07. The summed E-state index contributed by atoms with van der Waals surface area (Å²) < 4.78 is 16.1. The summed E-state index contributed by atoms with van der Waals surface area (Å²) in [5.41, 5.74) is 0.725. The van der Waals surface area contributed by atoms with Crippen molar-refractivity contribution in [1.82, 2.24) is 4.98 Å². The minimum atomic E-state index is -0.647. The molecule has 0 aromatic carbocycles. The van der Waals surface area contributed by atoms with Gasteiger partial charge in [-0.1, -0.05) is 6.92 Å². The molecule has 1 aliphatic rings. The Labute approximate surface area is 107 Å². The van der Waals surface area contributed by atoms with Crippen LogP contribution in [0.15, 0.2) is 18.5 Å². The van der Waals surface area contributed by atoms with E-state index in [-0.39, 0.29) is 6.29 Å². The Morgan fingerprint density at radius 1 is 1.44 bits per heavy atom. The molecule has 1 unspecified atom stereocenters. The minimum absolute atomic E-state index is 0.319. The van der Waals surface area contributed by atoms with Crippen LogP contribution in [0.1, 0.15) is 31.4 Å². The number of pyridine rings is 1. The second-order valence-electron chi connectivity index (χ2n) is 4.23. The van der Waals surface area contributed by atoms with Crippen molar-refractivity contribution in [3.8, 4) is 5.75 Å². The van der Waals surface area contributed by atoms with Gasteiger partial charge in [-0.05, 0) is 12.5 Å². The van der Waals surface area contributed by atoms with Crippen molar-refractivity contribution in [3.05, 3.63) is 24.0 Å². The van der Waals surface area contributed by atoms with Crippen LogP contribution in [0.5, 0.6) is 5.75 Å². The highest BCUT2D eigenvalue weighted by Gasteiger charge is 2.21. The van der Waals surface area contributed by atoms with Gasteiger partial charge in [0, 0.05) is 18.2 Å². The maximum Gasteiger partial charge on any atom is 0.160 e. The van der Waals surface area contributed by atoms with Crippen LogP contribution in [0.25, 0.3) is 0 Å². The molecule has 0 spiro atoms. The Hall–Kier alpha value is -1.17. The van der Waals surface area contributed by atoms with Crippen molar-refractivity contribution < 1.29 is 19.3 Å². The first-order valence-electron chi connectivity index (χ1n) is 6.28. The molecule has 0 radical (unpaired) electrons. The predicted molar refractivity (Wildman–Crippen MR) is 65.3 cm³/mol. The molecule has 100 valence electrons. The van der Waals surface area contributed by atoms with Gasteiger partial charge in [0.05, 0.1) is 32.1 Å². The third-order valence-electron chi connectivity index (χ3n) is 2.70. The highest BCUT2D eigenvalue weighted by molar-refractivity contribution is 5.25. The summed E-state index contributed by atoms with van der Waals surface area (Å²) in [6.45, 7) is 3.88. The monoisotopic (exact) mass is 253 g/mol. The molecule has 1 aromatic heterocycles. The first kappa shape index (κ1) is 13.3. The van der Waals surface area contributed by atoms with E-state index >= 15 is 0 Å². The zero-order valence-corrected chi connectivity index (χ0v) is 10.5. The average molecular weight is 253 g/mol. The average Bonchev–Trinajstić information content (AvgIpc) is 2.89. The van der Waals surface area contributed by atoms with Crippen LogP contribution in [0.3, 0.4) is 0 Å². The van der Waals surface area contributed by atoms with Crippen LogP contribution >= 0.6 is 0 Å². The van der Waals surface area contributed by atoms with E-state index in [1.807, 2.05) is 13.0 Å². The molecule has 0 bridgehead atoms. The van der Waals surface area contributed by atoms with Crippen LogP contribution < -0.4 is 4.74 Å². The van der Waals surface area contributed by atoms with E-state index in [2.05, 4.69) is 4.98 Å². The van der Waals surface area contributed by atoms with Crippen molar-refractivity contribution >= 4 is 0 Å². The Kier molecular flexibility index (Phi) is 4.92. The van der Waals surface area contributed by atoms with Crippen LogP contribution in [0.4, 0.5) is 0 Å². The summed E-state index contributed by atoms with van der Waals surface area (Å²) in [5, 5.41) is 10.1. The van der Waals surface area contributed by atoms with Gasteiger partial charge >= 0.3 is 0 Å². The molecule has 1 fully saturated rings. The Morgan fingerprint density at radius 2 is 2.22 bits per heavy atom. The van der Waals surface area contributed by atoms with Crippen LogP contribution in [-0.4, -0.2) is 36.2 Å². The number of nitrogens with zero attached hydrogens (tertiary/aromatic N) is 1. The van der Waals surface area contributed by atoms with Crippen molar-refractivity contribution in [1.29, 1.82) is 0 Å². The van der Waals surface area contributed by atoms with Gasteiger partial charge < -0.3 is 19.3 Å². The van der Waals surface area contributed by atoms with Crippen molar-refractivity contribution in [2.75, 3.05) is 19.8 Å². The Bertz CT molecular complexity index is 366. The summed E-state index contributed by atoms with van der Waals surface area (Å²) >= 11 is 0. The highest BCUT2D eigenvalue weighted by Crippen LogP contribution is 2.24. The highest BCUT2D eigenvalue weighted by atomic mass is 16.7. The summed E-state index contributed by atoms with van der Waals surface area (Å²) in [5.74, 6) is 0.682. The number of aliphatic hydroxyl groups is 1. The summed E-state index contributed by atoms with van der Waals surface area (Å²) in [6.07, 6.45) is 3.67. The molecule has 1 atom stereocenters. The van der Waals surface area contributed by atoms with Gasteiger partial charge in [0.2, 0.25) is 0 Å². The van der Waals surface area contributed by atoms with E-state index in [0.717, 1.165) is 12.0 Å². The molecule has 2 rings (SSSR count). The fourth-order valence-electron chi connectivity index (χ4n) is 1.78. The van der Waals surface area contributed by atoms with E-state index in [1.165, 1.54) is 0 Å². The zero-order chi connectivity index (χ0) is 12.8. The zero-order valence-electron chi connectivity index (χ0n) is 10.5. The third-order valence-corrected chi connectivity index (χ3v) is 2.70. The summed E-state index contributed by atoms with van der Waals surface area (Å²) in [6, 6.07) is 1.81. The number of hydrogen-bond acceptors (Lipinski definition) is 5. The molecule has 2 heterocycles. The lowest BCUT2D eigenvalue weighted by Gasteiger charge is -2.15. The van der Waals surface area contributed by atoms with Crippen LogP contribution in [0.2, 0.25) is 0 Å². The first-order valence-corrected chi connectivity index (χ1v) is 6.28. The Morgan fingerprint density at radius 3 is 2.94 bits per heavy atom. The fraction of sp³-hybridized carbons (Fsp3) is 0.615. The maximum absolute atomic E-state index is 10.1. The molecular formula is C13H19NO4. The second kappa shape index (κ2) is 6.68. The van der Waals surface area contributed by atoms with Gasteiger partial charge in [0.1, 0.15) is 5.75 Å². The molecule has 18 heavy (non-hydrogen) atoms. The van der Waals surface area contributed by atoms with Crippen LogP contribution in [0, 0.1) is 0 Å². The topological polar surface area (TPSA) is 60.8 Å². The molecule has 0 amide bonds. The quantitative estimate of drug-likeness (QED) is 0.835. The molecular weight excluding hydrogens is 234 g/mol. The number of hydrogen-bond donors (Lipinski definition) is 1. The van der Waals surface area contributed by atoms with Crippen molar-refractivity contribution in [3.63, 3.8) is 0 Å². The molecule has 5 nitrogen and oxygen atoms in total. The van der Waals surface area contributed by atoms with Gasteiger partial charge in [-0.2, -0.15) is 0 Å². The molecule has 1 aliphatic heterocycles. The number of ether oxygens (including phenoxy) is 3. The lowest BCUT2D eigenvalue weighted by atomic mass is 10.1.